The molecule has 1 atom stereocenters. The second kappa shape index (κ2) is 7.02. The number of ketones is 1. The zero-order valence-corrected chi connectivity index (χ0v) is 12.6. The van der Waals surface area contributed by atoms with Gasteiger partial charge in [-0.15, -0.1) is 0 Å². The number of benzene rings is 2. The average Bonchev–Trinajstić information content (AvgIpc) is 2.52. The van der Waals surface area contributed by atoms with E-state index in [4.69, 9.17) is 4.74 Å². The van der Waals surface area contributed by atoms with Crippen molar-refractivity contribution in [3.63, 3.8) is 0 Å². The molecule has 2 rings (SSSR count). The van der Waals surface area contributed by atoms with Crippen LogP contribution in [-0.2, 0) is 0 Å². The summed E-state index contributed by atoms with van der Waals surface area (Å²) in [5.41, 5.74) is -0.0393. The summed E-state index contributed by atoms with van der Waals surface area (Å²) in [4.78, 5) is 12.3. The summed E-state index contributed by atoms with van der Waals surface area (Å²) in [6, 6.07) is 7.73. The van der Waals surface area contributed by atoms with E-state index in [9.17, 15) is 25.2 Å². The molecular weight excluding hydrogens is 300 g/mol. The van der Waals surface area contributed by atoms with Crippen LogP contribution in [-0.4, -0.2) is 38.9 Å². The molecule has 0 fully saturated rings. The normalized spacial score (nSPS) is 11.9. The SMILES string of the molecule is CCC(O)COc1ccc(C(=O)c2ccc(O)cc2O)c(O)c1. The number of aromatic hydroxyl groups is 3. The summed E-state index contributed by atoms with van der Waals surface area (Å²) < 4.78 is 5.32. The van der Waals surface area contributed by atoms with Crippen molar-refractivity contribution in [1.82, 2.24) is 0 Å². The largest absolute Gasteiger partial charge is 0.508 e. The summed E-state index contributed by atoms with van der Waals surface area (Å²) in [6.07, 6.45) is -0.0599. The van der Waals surface area contributed by atoms with E-state index in [-0.39, 0.29) is 35.0 Å². The third-order valence-corrected chi connectivity index (χ3v) is 3.35. The Hall–Kier alpha value is -2.73. The Morgan fingerprint density at radius 3 is 2.22 bits per heavy atom. The van der Waals surface area contributed by atoms with E-state index in [0.29, 0.717) is 12.2 Å². The van der Waals surface area contributed by atoms with E-state index in [1.54, 1.807) is 0 Å². The van der Waals surface area contributed by atoms with Gasteiger partial charge in [-0.2, -0.15) is 0 Å². The van der Waals surface area contributed by atoms with Crippen LogP contribution < -0.4 is 4.74 Å². The van der Waals surface area contributed by atoms with Gasteiger partial charge in [0.2, 0.25) is 0 Å². The lowest BCUT2D eigenvalue weighted by molar-refractivity contribution is 0.102. The fraction of sp³-hybridized carbons (Fsp3) is 0.235. The van der Waals surface area contributed by atoms with Crippen LogP contribution in [0.2, 0.25) is 0 Å². The van der Waals surface area contributed by atoms with Gasteiger partial charge in [0, 0.05) is 12.1 Å². The number of phenols is 3. The van der Waals surface area contributed by atoms with Gasteiger partial charge in [0.15, 0.2) is 5.78 Å². The minimum atomic E-state index is -0.604. The van der Waals surface area contributed by atoms with Crippen molar-refractivity contribution in [1.29, 1.82) is 0 Å². The van der Waals surface area contributed by atoms with Gasteiger partial charge in [-0.25, -0.2) is 0 Å². The molecule has 0 aliphatic heterocycles. The van der Waals surface area contributed by atoms with E-state index in [2.05, 4.69) is 0 Å². The van der Waals surface area contributed by atoms with Crippen LogP contribution >= 0.6 is 0 Å². The lowest BCUT2D eigenvalue weighted by atomic mass is 10.0. The molecule has 0 saturated heterocycles. The van der Waals surface area contributed by atoms with Crippen molar-refractivity contribution in [2.24, 2.45) is 0 Å². The summed E-state index contributed by atoms with van der Waals surface area (Å²) in [7, 11) is 0. The first-order chi connectivity index (χ1) is 10.9. The van der Waals surface area contributed by atoms with Gasteiger partial charge in [0.1, 0.15) is 29.6 Å². The fourth-order valence-corrected chi connectivity index (χ4v) is 1.96. The van der Waals surface area contributed by atoms with E-state index in [1.165, 1.54) is 30.3 Å². The van der Waals surface area contributed by atoms with Crippen molar-refractivity contribution in [3.05, 3.63) is 47.5 Å². The van der Waals surface area contributed by atoms with Gasteiger partial charge in [-0.1, -0.05) is 6.92 Å². The lowest BCUT2D eigenvalue weighted by Crippen LogP contribution is -2.16. The third kappa shape index (κ3) is 3.92. The minimum absolute atomic E-state index is 0.00520. The van der Waals surface area contributed by atoms with Crippen molar-refractivity contribution in [3.8, 4) is 23.0 Å². The van der Waals surface area contributed by atoms with E-state index < -0.39 is 11.9 Å². The molecule has 0 radical (unpaired) electrons. The zero-order chi connectivity index (χ0) is 17.0. The van der Waals surface area contributed by atoms with Crippen LogP contribution in [0.5, 0.6) is 23.0 Å². The molecule has 0 bridgehead atoms. The smallest absolute Gasteiger partial charge is 0.200 e. The number of rotatable bonds is 6. The second-order valence-electron chi connectivity index (χ2n) is 5.08. The molecule has 6 nitrogen and oxygen atoms in total. The number of hydrogen-bond acceptors (Lipinski definition) is 6. The Morgan fingerprint density at radius 2 is 1.65 bits per heavy atom. The first-order valence-electron chi connectivity index (χ1n) is 7.13. The molecule has 23 heavy (non-hydrogen) atoms. The molecule has 0 amide bonds. The highest BCUT2D eigenvalue weighted by Crippen LogP contribution is 2.30. The Kier molecular flexibility index (Phi) is 5.08. The van der Waals surface area contributed by atoms with Crippen LogP contribution in [0, 0.1) is 0 Å². The van der Waals surface area contributed by atoms with Gasteiger partial charge in [-0.3, -0.25) is 4.79 Å². The van der Waals surface area contributed by atoms with Gasteiger partial charge in [0.05, 0.1) is 17.2 Å². The monoisotopic (exact) mass is 318 g/mol. The summed E-state index contributed by atoms with van der Waals surface area (Å²) in [5.74, 6) is -1.10. The molecular formula is C17H18O6. The van der Waals surface area contributed by atoms with Gasteiger partial charge in [0.25, 0.3) is 0 Å². The molecule has 2 aromatic carbocycles. The number of carbonyl (C=O) groups excluding carboxylic acids is 1. The third-order valence-electron chi connectivity index (χ3n) is 3.35. The number of aliphatic hydroxyl groups excluding tert-OH is 1. The Labute approximate surface area is 133 Å². The molecule has 1 unspecified atom stereocenters. The maximum absolute atomic E-state index is 12.3. The number of hydrogen-bond donors (Lipinski definition) is 4. The number of carbonyl (C=O) groups is 1. The predicted molar refractivity (Wildman–Crippen MR) is 83.1 cm³/mol. The first-order valence-corrected chi connectivity index (χ1v) is 7.13. The molecule has 0 saturated carbocycles. The number of phenolic OH excluding ortho intramolecular Hbond substituents is 3. The van der Waals surface area contributed by atoms with Crippen molar-refractivity contribution in [2.45, 2.75) is 19.4 Å². The molecule has 0 aliphatic rings. The highest BCUT2D eigenvalue weighted by atomic mass is 16.5. The van der Waals surface area contributed by atoms with Crippen LogP contribution in [0.3, 0.4) is 0 Å². The van der Waals surface area contributed by atoms with Crippen molar-refractivity contribution >= 4 is 5.78 Å². The average molecular weight is 318 g/mol. The zero-order valence-electron chi connectivity index (χ0n) is 12.6. The molecule has 0 spiro atoms. The highest BCUT2D eigenvalue weighted by Gasteiger charge is 2.18. The second-order valence-corrected chi connectivity index (χ2v) is 5.08. The number of ether oxygens (including phenoxy) is 1. The van der Waals surface area contributed by atoms with Crippen molar-refractivity contribution in [2.75, 3.05) is 6.61 Å². The van der Waals surface area contributed by atoms with Crippen LogP contribution in [0.4, 0.5) is 0 Å². The van der Waals surface area contributed by atoms with Crippen LogP contribution in [0.15, 0.2) is 36.4 Å². The Bertz CT molecular complexity index is 710. The van der Waals surface area contributed by atoms with Crippen LogP contribution in [0.25, 0.3) is 0 Å². The molecule has 2 aromatic rings. The van der Waals surface area contributed by atoms with Crippen molar-refractivity contribution < 1.29 is 30.0 Å². The maximum atomic E-state index is 12.3. The summed E-state index contributed by atoms with van der Waals surface area (Å²) in [6.45, 7) is 1.90. The van der Waals surface area contributed by atoms with Gasteiger partial charge < -0.3 is 25.2 Å². The lowest BCUT2D eigenvalue weighted by Gasteiger charge is -2.12. The fourth-order valence-electron chi connectivity index (χ4n) is 1.96. The summed E-state index contributed by atoms with van der Waals surface area (Å²) >= 11 is 0. The molecule has 0 heterocycles. The topological polar surface area (TPSA) is 107 Å². The molecule has 4 N–H and O–H groups in total. The Balaban J connectivity index is 2.21. The number of aliphatic hydroxyl groups is 1. The maximum Gasteiger partial charge on any atom is 0.200 e. The van der Waals surface area contributed by atoms with Gasteiger partial charge >= 0.3 is 0 Å². The Morgan fingerprint density at radius 1 is 1.04 bits per heavy atom. The molecule has 0 aromatic heterocycles. The highest BCUT2D eigenvalue weighted by molar-refractivity contribution is 6.12. The summed E-state index contributed by atoms with van der Waals surface area (Å²) in [5, 5.41) is 38.4. The molecule has 122 valence electrons. The minimum Gasteiger partial charge on any atom is -0.508 e. The van der Waals surface area contributed by atoms with E-state index >= 15 is 0 Å². The van der Waals surface area contributed by atoms with E-state index in [0.717, 1.165) is 6.07 Å². The predicted octanol–water partition coefficient (Wildman–Crippen LogP) is 2.18. The molecule has 6 heteroatoms. The molecule has 0 aliphatic carbocycles. The van der Waals surface area contributed by atoms with Crippen LogP contribution in [0.1, 0.15) is 29.3 Å². The first kappa shape index (κ1) is 16.6. The quantitative estimate of drug-likeness (QED) is 0.608. The van der Waals surface area contributed by atoms with E-state index in [1.807, 2.05) is 6.92 Å². The van der Waals surface area contributed by atoms with Gasteiger partial charge in [-0.05, 0) is 30.7 Å². The standard InChI is InChI=1S/C17H18O6/c1-2-10(18)9-23-12-4-6-14(16(21)8-12)17(22)13-5-3-11(19)7-15(13)20/h3-8,10,18-21H,2,9H2,1H3.